The molecule has 1 amide bonds. The number of benzene rings is 3. The number of carbonyl (C=O) groups excluding carboxylic acids is 1. The number of anilines is 1. The molecule has 3 aromatic rings. The molecule has 2 aliphatic rings. The van der Waals surface area contributed by atoms with Gasteiger partial charge in [-0.2, -0.15) is 8.78 Å². The van der Waals surface area contributed by atoms with E-state index in [0.29, 0.717) is 5.17 Å². The number of thioether (sulfide) groups is 1. The minimum absolute atomic E-state index is 0.00817. The molecule has 5 rings (SSSR count). The van der Waals surface area contributed by atoms with Gasteiger partial charge in [-0.3, -0.25) is 4.79 Å². The molecule has 0 spiro atoms. The third-order valence-electron chi connectivity index (χ3n) is 7.15. The van der Waals surface area contributed by atoms with Gasteiger partial charge in [0.1, 0.15) is 17.5 Å². The average Bonchev–Trinajstić information content (AvgIpc) is 3.01. The molecule has 11 heteroatoms. The van der Waals surface area contributed by atoms with Crippen molar-refractivity contribution in [3.63, 3.8) is 0 Å². The maximum absolute atomic E-state index is 13.4. The van der Waals surface area contributed by atoms with Crippen molar-refractivity contribution in [1.82, 2.24) is 5.32 Å². The van der Waals surface area contributed by atoms with Crippen LogP contribution in [0.2, 0.25) is 0 Å². The summed E-state index contributed by atoms with van der Waals surface area (Å²) >= 11 is 1.37. The van der Waals surface area contributed by atoms with Crippen LogP contribution in [0.5, 0.6) is 11.5 Å². The molecule has 1 heterocycles. The Balaban J connectivity index is 0.00000113. The van der Waals surface area contributed by atoms with E-state index in [1.165, 1.54) is 23.9 Å². The Bertz CT molecular complexity index is 1540. The number of aromatic hydroxyl groups is 1. The number of alkyl halides is 4. The summed E-state index contributed by atoms with van der Waals surface area (Å²) in [6.45, 7) is 1.95. The second-order valence-electron chi connectivity index (χ2n) is 10.9. The zero-order chi connectivity index (χ0) is 33.2. The number of phenols is 1. The van der Waals surface area contributed by atoms with Crippen molar-refractivity contribution in [3.8, 4) is 11.5 Å². The molecule has 2 N–H and O–H groups in total. The van der Waals surface area contributed by atoms with Crippen LogP contribution < -0.4 is 15.0 Å². The molecule has 1 atom stereocenters. The fraction of sp³-hybridized carbons (Fsp3) is 0.314. The summed E-state index contributed by atoms with van der Waals surface area (Å²) in [6.07, 6.45) is 2.50. The predicted molar refractivity (Wildman–Crippen MR) is 177 cm³/mol. The van der Waals surface area contributed by atoms with Crippen LogP contribution in [0.15, 0.2) is 101 Å². The Hall–Kier alpha value is -4.25. The number of amides is 1. The molecule has 0 saturated carbocycles. The Morgan fingerprint density at radius 3 is 2.26 bits per heavy atom. The molecule has 3 aromatic carbocycles. The standard InChI is InChI=1S/C33H33F2N3O3S.C2H4F2/c1-21(2)38(25-8-4-3-5-9-25)29(40)20-42-33-36-30(23-13-15-26(39)16-14-23)28-10-6-7-24(31(28)37-33)19-22-11-17-27(18-12-22)41-32(34)35;1-2(3)4/h3-5,8-9,11-19,21,30,32,39H,6-7,10,20H2,1-2H3,(H,36,37);2H,1H3/b24-19+;. The molecule has 244 valence electrons. The highest BCUT2D eigenvalue weighted by atomic mass is 32.2. The van der Waals surface area contributed by atoms with Crippen molar-refractivity contribution in [1.29, 1.82) is 0 Å². The number of amidine groups is 1. The van der Waals surface area contributed by atoms with Crippen molar-refractivity contribution in [2.75, 3.05) is 10.7 Å². The highest BCUT2D eigenvalue weighted by Crippen LogP contribution is 2.42. The zero-order valence-electron chi connectivity index (χ0n) is 25.8. The quantitative estimate of drug-likeness (QED) is 0.237. The zero-order valence-corrected chi connectivity index (χ0v) is 26.6. The topological polar surface area (TPSA) is 74.2 Å². The van der Waals surface area contributed by atoms with Crippen LogP contribution in [0, 0.1) is 0 Å². The number of nitrogens with zero attached hydrogens (tertiary/aromatic N) is 2. The number of hydrogen-bond donors (Lipinski definition) is 2. The molecule has 46 heavy (non-hydrogen) atoms. The summed E-state index contributed by atoms with van der Waals surface area (Å²) in [5.41, 5.74) is 5.86. The molecular formula is C35H37F4N3O3S. The van der Waals surface area contributed by atoms with Gasteiger partial charge in [0.2, 0.25) is 12.3 Å². The van der Waals surface area contributed by atoms with E-state index in [9.17, 15) is 27.5 Å². The highest BCUT2D eigenvalue weighted by molar-refractivity contribution is 8.14. The monoisotopic (exact) mass is 655 g/mol. The van der Waals surface area contributed by atoms with Crippen molar-refractivity contribution in [3.05, 3.63) is 107 Å². The third kappa shape index (κ3) is 9.62. The Kier molecular flexibility index (Phi) is 12.3. The first-order chi connectivity index (χ1) is 22.0. The van der Waals surface area contributed by atoms with Crippen molar-refractivity contribution in [2.24, 2.45) is 4.99 Å². The molecular weight excluding hydrogens is 618 g/mol. The molecule has 0 radical (unpaired) electrons. The van der Waals surface area contributed by atoms with Gasteiger partial charge in [0.25, 0.3) is 0 Å². The number of para-hydroxylation sites is 1. The number of allylic oxidation sites excluding steroid dienone is 1. The maximum Gasteiger partial charge on any atom is 0.387 e. The van der Waals surface area contributed by atoms with E-state index in [0.717, 1.165) is 59.8 Å². The molecule has 1 aliphatic carbocycles. The first kappa shape index (κ1) is 34.6. The van der Waals surface area contributed by atoms with Crippen LogP contribution in [-0.4, -0.2) is 41.0 Å². The normalized spacial score (nSPS) is 16.9. The van der Waals surface area contributed by atoms with Crippen LogP contribution in [-0.2, 0) is 4.79 Å². The van der Waals surface area contributed by atoms with Crippen molar-refractivity contribution < 1.29 is 32.2 Å². The first-order valence-corrected chi connectivity index (χ1v) is 15.9. The largest absolute Gasteiger partial charge is 0.508 e. The Labute approximate surface area is 270 Å². The van der Waals surface area contributed by atoms with Gasteiger partial charge in [-0.1, -0.05) is 54.2 Å². The summed E-state index contributed by atoms with van der Waals surface area (Å²) in [7, 11) is 0. The van der Waals surface area contributed by atoms with Gasteiger partial charge < -0.3 is 20.1 Å². The average molecular weight is 656 g/mol. The summed E-state index contributed by atoms with van der Waals surface area (Å²) < 4.78 is 50.4. The molecule has 1 unspecified atom stereocenters. The minimum Gasteiger partial charge on any atom is -0.508 e. The SMILES string of the molecule is CC(C)N(C(=O)CSC1=NC(c2ccc(O)cc2)C2=C(N1)/C(=C/c1ccc(OC(F)F)cc1)CCC2)c1ccccc1.CC(F)F. The van der Waals surface area contributed by atoms with Gasteiger partial charge in [0.15, 0.2) is 5.17 Å². The predicted octanol–water partition coefficient (Wildman–Crippen LogP) is 8.96. The van der Waals surface area contributed by atoms with E-state index in [1.807, 2.05) is 56.3 Å². The van der Waals surface area contributed by atoms with Crippen LogP contribution >= 0.6 is 11.8 Å². The Morgan fingerprint density at radius 1 is 1.00 bits per heavy atom. The smallest absolute Gasteiger partial charge is 0.387 e. The van der Waals surface area contributed by atoms with Crippen molar-refractivity contribution >= 4 is 34.6 Å². The molecule has 0 bridgehead atoms. The number of rotatable bonds is 8. The van der Waals surface area contributed by atoms with E-state index in [4.69, 9.17) is 4.99 Å². The first-order valence-electron chi connectivity index (χ1n) is 14.9. The van der Waals surface area contributed by atoms with Gasteiger partial charge in [-0.15, -0.1) is 0 Å². The number of halogens is 4. The van der Waals surface area contributed by atoms with E-state index in [1.54, 1.807) is 29.2 Å². The van der Waals surface area contributed by atoms with Crippen LogP contribution in [0.3, 0.4) is 0 Å². The van der Waals surface area contributed by atoms with E-state index in [2.05, 4.69) is 16.1 Å². The third-order valence-corrected chi connectivity index (χ3v) is 8.02. The fourth-order valence-electron chi connectivity index (χ4n) is 5.31. The van der Waals surface area contributed by atoms with Gasteiger partial charge in [-0.05, 0) is 105 Å². The molecule has 0 aromatic heterocycles. The van der Waals surface area contributed by atoms with Crippen LogP contribution in [0.1, 0.15) is 57.2 Å². The molecule has 1 aliphatic heterocycles. The minimum atomic E-state index is -2.87. The van der Waals surface area contributed by atoms with E-state index in [-0.39, 0.29) is 35.2 Å². The van der Waals surface area contributed by atoms with Gasteiger partial charge in [0, 0.05) is 17.4 Å². The number of carbonyl (C=O) groups is 1. The summed E-state index contributed by atoms with van der Waals surface area (Å²) in [4.78, 5) is 20.2. The number of aliphatic imine (C=N–C) groups is 1. The van der Waals surface area contributed by atoms with Crippen LogP contribution in [0.4, 0.5) is 23.2 Å². The lowest BCUT2D eigenvalue weighted by molar-refractivity contribution is -0.116. The lowest BCUT2D eigenvalue weighted by Gasteiger charge is -2.33. The second-order valence-corrected chi connectivity index (χ2v) is 11.9. The van der Waals surface area contributed by atoms with Crippen molar-refractivity contribution in [2.45, 2.75) is 65.2 Å². The molecule has 0 fully saturated rings. The van der Waals surface area contributed by atoms with E-state index < -0.39 is 13.0 Å². The number of phenolic OH excluding ortho intramolecular Hbond substituents is 1. The second kappa shape index (κ2) is 16.4. The number of ether oxygens (including phenoxy) is 1. The summed E-state index contributed by atoms with van der Waals surface area (Å²) in [5, 5.41) is 14.0. The highest BCUT2D eigenvalue weighted by Gasteiger charge is 2.31. The molecule has 0 saturated heterocycles. The Morgan fingerprint density at radius 2 is 1.65 bits per heavy atom. The summed E-state index contributed by atoms with van der Waals surface area (Å²) in [6, 6.07) is 23.0. The van der Waals surface area contributed by atoms with E-state index >= 15 is 0 Å². The van der Waals surface area contributed by atoms with Gasteiger partial charge >= 0.3 is 6.61 Å². The lowest BCUT2D eigenvalue weighted by atomic mass is 9.84. The molecule has 6 nitrogen and oxygen atoms in total. The lowest BCUT2D eigenvalue weighted by Crippen LogP contribution is -2.39. The fourth-order valence-corrected chi connectivity index (χ4v) is 6.06. The van der Waals surface area contributed by atoms with Gasteiger partial charge in [-0.25, -0.2) is 13.8 Å². The van der Waals surface area contributed by atoms with Crippen LogP contribution in [0.25, 0.3) is 6.08 Å². The maximum atomic E-state index is 13.4. The van der Waals surface area contributed by atoms with Gasteiger partial charge in [0.05, 0.1) is 5.75 Å². The number of nitrogens with one attached hydrogen (secondary N) is 1. The summed E-state index contributed by atoms with van der Waals surface area (Å²) in [5.74, 6) is 0.482. The number of hydrogen-bond acceptors (Lipinski definition) is 6.